The topological polar surface area (TPSA) is 70.1 Å². The van der Waals surface area contributed by atoms with Gasteiger partial charge in [-0.2, -0.15) is 0 Å². The Hall–Kier alpha value is -2.67. The van der Waals surface area contributed by atoms with E-state index in [9.17, 15) is 14.7 Å². The highest BCUT2D eigenvalue weighted by Crippen LogP contribution is 2.39. The van der Waals surface area contributed by atoms with Crippen LogP contribution in [0.5, 0.6) is 0 Å². The number of likely N-dealkylation sites (tertiary alicyclic amines) is 1. The Morgan fingerprint density at radius 1 is 1.03 bits per heavy atom. The molecule has 0 unspecified atom stereocenters. The van der Waals surface area contributed by atoms with Crippen molar-refractivity contribution >= 4 is 29.1 Å². The van der Waals surface area contributed by atoms with Crippen molar-refractivity contribution in [3.63, 3.8) is 0 Å². The normalized spacial score (nSPS) is 21.3. The molecule has 0 radical (unpaired) electrons. The van der Waals surface area contributed by atoms with E-state index in [1.54, 1.807) is 41.3 Å². The number of carbonyl (C=O) groups is 2. The van der Waals surface area contributed by atoms with Crippen molar-refractivity contribution in [1.29, 1.82) is 0 Å². The van der Waals surface area contributed by atoms with Gasteiger partial charge in [0.2, 0.25) is 0 Å². The van der Waals surface area contributed by atoms with Gasteiger partial charge in [0.25, 0.3) is 11.7 Å². The van der Waals surface area contributed by atoms with Gasteiger partial charge in [-0.3, -0.25) is 14.5 Å². The highest BCUT2D eigenvalue weighted by atomic mass is 35.5. The third kappa shape index (κ3) is 4.72. The SMILES string of the molecule is Cc1ccc(/C(O)=C2\C(=O)C(=O)N(CCCN3CCOCC3)[C@@H]2c2ccc(Cl)cc2)cc1. The van der Waals surface area contributed by atoms with Crippen LogP contribution in [-0.4, -0.2) is 66.0 Å². The van der Waals surface area contributed by atoms with Gasteiger partial charge < -0.3 is 14.7 Å². The average molecular weight is 455 g/mol. The van der Waals surface area contributed by atoms with Gasteiger partial charge in [-0.1, -0.05) is 53.6 Å². The molecule has 4 rings (SSSR count). The molecule has 7 heteroatoms. The zero-order valence-electron chi connectivity index (χ0n) is 18.1. The van der Waals surface area contributed by atoms with Crippen molar-refractivity contribution in [1.82, 2.24) is 9.80 Å². The van der Waals surface area contributed by atoms with Gasteiger partial charge in [0, 0.05) is 36.8 Å². The lowest BCUT2D eigenvalue weighted by atomic mass is 9.95. The van der Waals surface area contributed by atoms with Crippen molar-refractivity contribution < 1.29 is 19.4 Å². The molecule has 1 N–H and O–H groups in total. The summed E-state index contributed by atoms with van der Waals surface area (Å²) in [6.07, 6.45) is 0.724. The summed E-state index contributed by atoms with van der Waals surface area (Å²) in [5, 5.41) is 11.6. The van der Waals surface area contributed by atoms with E-state index in [0.717, 1.165) is 37.2 Å². The van der Waals surface area contributed by atoms with Gasteiger partial charge >= 0.3 is 0 Å². The zero-order valence-corrected chi connectivity index (χ0v) is 18.8. The number of hydrogen-bond acceptors (Lipinski definition) is 5. The molecule has 0 saturated carbocycles. The Bertz CT molecular complexity index is 1010. The molecule has 2 aromatic rings. The van der Waals surface area contributed by atoms with Crippen molar-refractivity contribution in [2.75, 3.05) is 39.4 Å². The third-order valence-electron chi connectivity index (χ3n) is 6.03. The highest BCUT2D eigenvalue weighted by Gasteiger charge is 2.45. The molecule has 168 valence electrons. The van der Waals surface area contributed by atoms with Crippen LogP contribution >= 0.6 is 11.6 Å². The number of aliphatic hydroxyl groups is 1. The van der Waals surface area contributed by atoms with Crippen LogP contribution in [0.4, 0.5) is 0 Å². The number of ketones is 1. The van der Waals surface area contributed by atoms with E-state index in [2.05, 4.69) is 4.90 Å². The molecule has 1 atom stereocenters. The van der Waals surface area contributed by atoms with Gasteiger partial charge in [-0.05, 0) is 31.0 Å². The summed E-state index contributed by atoms with van der Waals surface area (Å²) in [6, 6.07) is 13.7. The Morgan fingerprint density at radius 2 is 1.69 bits per heavy atom. The Kier molecular flexibility index (Phi) is 6.94. The summed E-state index contributed by atoms with van der Waals surface area (Å²) in [6.45, 7) is 6.35. The first-order valence-corrected chi connectivity index (χ1v) is 11.2. The molecule has 1 amide bonds. The first-order valence-electron chi connectivity index (χ1n) is 10.9. The second-order valence-electron chi connectivity index (χ2n) is 8.22. The van der Waals surface area contributed by atoms with Gasteiger partial charge in [-0.15, -0.1) is 0 Å². The van der Waals surface area contributed by atoms with E-state index in [4.69, 9.17) is 16.3 Å². The standard InChI is InChI=1S/C25H27ClN2O4/c1-17-3-5-19(6-4-17)23(29)21-22(18-7-9-20(26)10-8-18)28(25(31)24(21)30)12-2-11-27-13-15-32-16-14-27/h3-10,22,29H,2,11-16H2,1H3/b23-21+/t22-/m1/s1. The molecule has 0 bridgehead atoms. The Labute approximate surface area is 193 Å². The van der Waals surface area contributed by atoms with E-state index < -0.39 is 17.7 Å². The fraction of sp³-hybridized carbons (Fsp3) is 0.360. The molecule has 2 aliphatic heterocycles. The molecule has 32 heavy (non-hydrogen) atoms. The first kappa shape index (κ1) is 22.5. The van der Waals surface area contributed by atoms with Crippen molar-refractivity contribution in [2.24, 2.45) is 0 Å². The largest absolute Gasteiger partial charge is 0.507 e. The van der Waals surface area contributed by atoms with Crippen LogP contribution in [0, 0.1) is 6.92 Å². The van der Waals surface area contributed by atoms with Gasteiger partial charge in [-0.25, -0.2) is 0 Å². The lowest BCUT2D eigenvalue weighted by molar-refractivity contribution is -0.140. The van der Waals surface area contributed by atoms with Gasteiger partial charge in [0.05, 0.1) is 24.8 Å². The summed E-state index contributed by atoms with van der Waals surface area (Å²) in [5.74, 6) is -1.39. The van der Waals surface area contributed by atoms with Crippen LogP contribution in [-0.2, 0) is 14.3 Å². The second-order valence-corrected chi connectivity index (χ2v) is 8.65. The van der Waals surface area contributed by atoms with Crippen LogP contribution < -0.4 is 0 Å². The number of benzene rings is 2. The zero-order chi connectivity index (χ0) is 22.7. The van der Waals surface area contributed by atoms with Crippen molar-refractivity contribution in [3.05, 3.63) is 75.8 Å². The second kappa shape index (κ2) is 9.86. The quantitative estimate of drug-likeness (QED) is 0.408. The molecular formula is C25H27ClN2O4. The predicted octanol–water partition coefficient (Wildman–Crippen LogP) is 3.79. The fourth-order valence-electron chi connectivity index (χ4n) is 4.26. The molecule has 2 saturated heterocycles. The fourth-order valence-corrected chi connectivity index (χ4v) is 4.38. The van der Waals surface area contributed by atoms with Crippen molar-refractivity contribution in [2.45, 2.75) is 19.4 Å². The highest BCUT2D eigenvalue weighted by molar-refractivity contribution is 6.46. The molecule has 2 aromatic carbocycles. The van der Waals surface area contributed by atoms with Crippen LogP contribution in [0.1, 0.15) is 29.2 Å². The first-order chi connectivity index (χ1) is 15.5. The van der Waals surface area contributed by atoms with Crippen LogP contribution in [0.25, 0.3) is 5.76 Å². The minimum atomic E-state index is -0.658. The van der Waals surface area contributed by atoms with Crippen molar-refractivity contribution in [3.8, 4) is 0 Å². The minimum Gasteiger partial charge on any atom is -0.507 e. The lowest BCUT2D eigenvalue weighted by Gasteiger charge is -2.29. The van der Waals surface area contributed by atoms with E-state index >= 15 is 0 Å². The van der Waals surface area contributed by atoms with Gasteiger partial charge in [0.15, 0.2) is 0 Å². The summed E-state index contributed by atoms with van der Waals surface area (Å²) >= 11 is 6.07. The number of hydrogen-bond donors (Lipinski definition) is 1. The Morgan fingerprint density at radius 3 is 2.34 bits per heavy atom. The van der Waals surface area contributed by atoms with Crippen LogP contribution in [0.3, 0.4) is 0 Å². The number of aliphatic hydroxyl groups excluding tert-OH is 1. The number of halogens is 1. The summed E-state index contributed by atoms with van der Waals surface area (Å²) in [4.78, 5) is 29.9. The third-order valence-corrected chi connectivity index (χ3v) is 6.28. The number of rotatable bonds is 6. The number of morpholine rings is 1. The van der Waals surface area contributed by atoms with Crippen LogP contribution in [0.2, 0.25) is 5.02 Å². The van der Waals surface area contributed by atoms with E-state index in [-0.39, 0.29) is 11.3 Å². The average Bonchev–Trinajstić information content (AvgIpc) is 3.05. The molecule has 0 aromatic heterocycles. The minimum absolute atomic E-state index is 0.118. The van der Waals surface area contributed by atoms with Crippen LogP contribution in [0.15, 0.2) is 54.1 Å². The number of aryl methyl sites for hydroxylation is 1. The molecular weight excluding hydrogens is 428 g/mol. The molecule has 6 nitrogen and oxygen atoms in total. The summed E-state index contributed by atoms with van der Waals surface area (Å²) in [7, 11) is 0. The number of nitrogens with zero attached hydrogens (tertiary/aromatic N) is 2. The van der Waals surface area contributed by atoms with Gasteiger partial charge in [0.1, 0.15) is 5.76 Å². The molecule has 2 aliphatic rings. The summed E-state index contributed by atoms with van der Waals surface area (Å²) in [5.41, 5.74) is 2.42. The lowest BCUT2D eigenvalue weighted by Crippen LogP contribution is -2.38. The maximum absolute atomic E-state index is 13.1. The maximum Gasteiger partial charge on any atom is 0.295 e. The molecule has 2 heterocycles. The smallest absolute Gasteiger partial charge is 0.295 e. The number of Topliss-reactive ketones (excluding diaryl/α,β-unsaturated/α-hetero) is 1. The molecule has 2 fully saturated rings. The molecule has 0 aliphatic carbocycles. The maximum atomic E-state index is 13.1. The van der Waals surface area contributed by atoms with E-state index in [0.29, 0.717) is 30.3 Å². The summed E-state index contributed by atoms with van der Waals surface area (Å²) < 4.78 is 5.39. The van der Waals surface area contributed by atoms with E-state index in [1.165, 1.54) is 0 Å². The predicted molar refractivity (Wildman–Crippen MR) is 124 cm³/mol. The Balaban J connectivity index is 1.66. The number of ether oxygens (including phenoxy) is 1. The number of amides is 1. The van der Waals surface area contributed by atoms with E-state index in [1.807, 2.05) is 19.1 Å². The monoisotopic (exact) mass is 454 g/mol. The number of carbonyl (C=O) groups excluding carboxylic acids is 2. The molecule has 0 spiro atoms.